The summed E-state index contributed by atoms with van der Waals surface area (Å²) in [5.74, 6) is 1.65. The fourth-order valence-corrected chi connectivity index (χ4v) is 5.39. The van der Waals surface area contributed by atoms with E-state index in [0.717, 1.165) is 38.8 Å². The van der Waals surface area contributed by atoms with Crippen molar-refractivity contribution in [2.45, 2.75) is 25.3 Å². The van der Waals surface area contributed by atoms with Crippen LogP contribution in [0.4, 0.5) is 0 Å². The number of fused-ring (bicyclic) bond motifs is 1. The van der Waals surface area contributed by atoms with Crippen molar-refractivity contribution in [2.24, 2.45) is 16.6 Å². The third kappa shape index (κ3) is 2.82. The molecular weight excluding hydrogens is 396 g/mol. The maximum atomic E-state index is 13.7. The number of amidine groups is 1. The van der Waals surface area contributed by atoms with Crippen LogP contribution in [0.15, 0.2) is 65.7 Å². The summed E-state index contributed by atoms with van der Waals surface area (Å²) < 4.78 is 10.9. The zero-order chi connectivity index (χ0) is 20.7. The first-order valence-corrected chi connectivity index (χ1v) is 10.9. The molecule has 0 aliphatic carbocycles. The van der Waals surface area contributed by atoms with Crippen LogP contribution in [0.25, 0.3) is 10.4 Å². The Bertz CT molecular complexity index is 1140. The van der Waals surface area contributed by atoms with Crippen LogP contribution in [0.3, 0.4) is 0 Å². The van der Waals surface area contributed by atoms with Crippen LogP contribution in [0, 0.1) is 5.92 Å². The van der Waals surface area contributed by atoms with Crippen molar-refractivity contribution in [3.63, 3.8) is 0 Å². The van der Waals surface area contributed by atoms with Gasteiger partial charge in [0.1, 0.15) is 5.84 Å². The smallest absolute Gasteiger partial charge is 0.231 e. The maximum absolute atomic E-state index is 13.7. The largest absolute Gasteiger partial charge is 0.454 e. The molecule has 6 heteroatoms. The van der Waals surface area contributed by atoms with E-state index in [2.05, 4.69) is 6.92 Å². The standard InChI is InChI=1S/C24H22N2O3S/c1-2-6-17-22(27)24(26-23(17)25,16-7-4-3-5-8-16)21-12-11-20(30-21)15-9-10-18-19(13-15)29-14-28-18/h3-5,7-13,17H,2,6,14H2,1H3,(H2,25,26). The number of benzene rings is 2. The molecule has 0 saturated carbocycles. The number of carbonyl (C=O) groups is 1. The highest BCUT2D eigenvalue weighted by atomic mass is 32.1. The van der Waals surface area contributed by atoms with Crippen molar-refractivity contribution < 1.29 is 14.3 Å². The van der Waals surface area contributed by atoms with Gasteiger partial charge in [-0.2, -0.15) is 0 Å². The van der Waals surface area contributed by atoms with Crippen molar-refractivity contribution >= 4 is 23.0 Å². The van der Waals surface area contributed by atoms with E-state index in [4.69, 9.17) is 20.2 Å². The molecule has 152 valence electrons. The average Bonchev–Trinajstić information content (AvgIpc) is 3.49. The lowest BCUT2D eigenvalue weighted by atomic mass is 9.81. The topological polar surface area (TPSA) is 73.9 Å². The summed E-state index contributed by atoms with van der Waals surface area (Å²) in [5.41, 5.74) is 7.09. The van der Waals surface area contributed by atoms with Gasteiger partial charge in [-0.05, 0) is 47.9 Å². The number of rotatable bonds is 5. The first-order valence-electron chi connectivity index (χ1n) is 10.1. The monoisotopic (exact) mass is 418 g/mol. The number of ketones is 1. The zero-order valence-corrected chi connectivity index (χ0v) is 17.4. The predicted octanol–water partition coefficient (Wildman–Crippen LogP) is 4.74. The van der Waals surface area contributed by atoms with E-state index in [1.54, 1.807) is 11.3 Å². The highest BCUT2D eigenvalue weighted by Crippen LogP contribution is 2.47. The van der Waals surface area contributed by atoms with Gasteiger partial charge in [0.25, 0.3) is 0 Å². The molecule has 2 aliphatic heterocycles. The fourth-order valence-electron chi connectivity index (χ4n) is 4.22. The Morgan fingerprint density at radius 3 is 2.70 bits per heavy atom. The van der Waals surface area contributed by atoms with Gasteiger partial charge in [-0.1, -0.05) is 43.7 Å². The van der Waals surface area contributed by atoms with E-state index >= 15 is 0 Å². The number of carbonyl (C=O) groups excluding carboxylic acids is 1. The number of aliphatic imine (C=N–C) groups is 1. The van der Waals surface area contributed by atoms with Crippen LogP contribution in [0.1, 0.15) is 30.2 Å². The normalized spacial score (nSPS) is 22.4. The van der Waals surface area contributed by atoms with Crippen LogP contribution in [-0.4, -0.2) is 18.4 Å². The van der Waals surface area contributed by atoms with Gasteiger partial charge in [0.05, 0.1) is 5.92 Å². The van der Waals surface area contributed by atoms with Gasteiger partial charge >= 0.3 is 0 Å². The molecular formula is C24H22N2O3S. The maximum Gasteiger partial charge on any atom is 0.231 e. The average molecular weight is 419 g/mol. The summed E-state index contributed by atoms with van der Waals surface area (Å²) in [4.78, 5) is 20.4. The predicted molar refractivity (Wildman–Crippen MR) is 118 cm³/mol. The SMILES string of the molecule is CCCC1C(=O)C(c2ccccc2)(c2ccc(-c3ccc4c(c3)OCO4)s2)N=C1N. The number of hydrogen-bond donors (Lipinski definition) is 1. The molecule has 3 heterocycles. The molecule has 5 rings (SSSR count). The van der Waals surface area contributed by atoms with E-state index in [1.807, 2.05) is 60.7 Å². The highest BCUT2D eigenvalue weighted by Gasteiger charge is 2.51. The Balaban J connectivity index is 1.62. The Kier molecular flexibility index (Phi) is 4.59. The summed E-state index contributed by atoms with van der Waals surface area (Å²) in [6, 6.07) is 19.7. The molecule has 0 amide bonds. The van der Waals surface area contributed by atoms with Gasteiger partial charge < -0.3 is 15.2 Å². The lowest BCUT2D eigenvalue weighted by Gasteiger charge is -2.25. The third-order valence-electron chi connectivity index (χ3n) is 5.72. The molecule has 2 aliphatic rings. The lowest BCUT2D eigenvalue weighted by molar-refractivity contribution is -0.124. The second-order valence-electron chi connectivity index (χ2n) is 7.55. The minimum atomic E-state index is -1.08. The Hall–Kier alpha value is -3.12. The molecule has 0 bridgehead atoms. The molecule has 0 fully saturated rings. The van der Waals surface area contributed by atoms with Crippen molar-refractivity contribution in [3.8, 4) is 21.9 Å². The van der Waals surface area contributed by atoms with Crippen LogP contribution in [0.2, 0.25) is 0 Å². The number of Topliss-reactive ketones (excluding diaryl/α,β-unsaturated/α-hetero) is 1. The summed E-state index contributed by atoms with van der Waals surface area (Å²) in [7, 11) is 0. The second kappa shape index (κ2) is 7.29. The van der Waals surface area contributed by atoms with Gasteiger partial charge in [0.15, 0.2) is 22.8 Å². The second-order valence-corrected chi connectivity index (χ2v) is 8.63. The van der Waals surface area contributed by atoms with Crippen molar-refractivity contribution in [2.75, 3.05) is 6.79 Å². The molecule has 0 spiro atoms. The van der Waals surface area contributed by atoms with Gasteiger partial charge in [0.2, 0.25) is 6.79 Å². The van der Waals surface area contributed by atoms with Gasteiger partial charge in [0, 0.05) is 9.75 Å². The van der Waals surface area contributed by atoms with E-state index < -0.39 is 5.54 Å². The van der Waals surface area contributed by atoms with Crippen molar-refractivity contribution in [3.05, 3.63) is 71.1 Å². The van der Waals surface area contributed by atoms with E-state index in [-0.39, 0.29) is 18.5 Å². The highest BCUT2D eigenvalue weighted by molar-refractivity contribution is 7.15. The Labute approximate surface area is 179 Å². The van der Waals surface area contributed by atoms with E-state index in [9.17, 15) is 4.79 Å². The lowest BCUT2D eigenvalue weighted by Crippen LogP contribution is -2.35. The molecule has 2 aromatic carbocycles. The third-order valence-corrected chi connectivity index (χ3v) is 6.96. The molecule has 2 unspecified atom stereocenters. The quantitative estimate of drug-likeness (QED) is 0.649. The molecule has 0 saturated heterocycles. The molecule has 3 aromatic rings. The first-order chi connectivity index (χ1) is 14.6. The summed E-state index contributed by atoms with van der Waals surface area (Å²) in [6.07, 6.45) is 1.59. The Morgan fingerprint density at radius 2 is 1.90 bits per heavy atom. The summed E-state index contributed by atoms with van der Waals surface area (Å²) in [6.45, 7) is 2.30. The zero-order valence-electron chi connectivity index (χ0n) is 16.6. The van der Waals surface area contributed by atoms with E-state index in [1.165, 1.54) is 0 Å². The van der Waals surface area contributed by atoms with E-state index in [0.29, 0.717) is 12.3 Å². The number of hydrogen-bond acceptors (Lipinski definition) is 6. The fraction of sp³-hybridized carbons (Fsp3) is 0.250. The molecule has 2 atom stereocenters. The molecule has 30 heavy (non-hydrogen) atoms. The van der Waals surface area contributed by atoms with Crippen LogP contribution < -0.4 is 15.2 Å². The van der Waals surface area contributed by atoms with Gasteiger partial charge in [-0.3, -0.25) is 4.79 Å². The minimum Gasteiger partial charge on any atom is -0.454 e. The molecule has 5 nitrogen and oxygen atoms in total. The molecule has 2 N–H and O–H groups in total. The Morgan fingerprint density at radius 1 is 1.10 bits per heavy atom. The van der Waals surface area contributed by atoms with Gasteiger partial charge in [-0.15, -0.1) is 11.3 Å². The molecule has 1 aromatic heterocycles. The minimum absolute atomic E-state index is 0.0622. The first kappa shape index (κ1) is 18.9. The number of ether oxygens (including phenoxy) is 2. The summed E-state index contributed by atoms with van der Waals surface area (Å²) >= 11 is 1.57. The van der Waals surface area contributed by atoms with Crippen LogP contribution in [0.5, 0.6) is 11.5 Å². The van der Waals surface area contributed by atoms with Gasteiger partial charge in [-0.25, -0.2) is 4.99 Å². The van der Waals surface area contributed by atoms with Crippen molar-refractivity contribution in [1.82, 2.24) is 0 Å². The van der Waals surface area contributed by atoms with Crippen molar-refractivity contribution in [1.29, 1.82) is 0 Å². The molecule has 0 radical (unpaired) electrons. The van der Waals surface area contributed by atoms with Crippen LogP contribution >= 0.6 is 11.3 Å². The summed E-state index contributed by atoms with van der Waals surface area (Å²) in [5, 5.41) is 0. The number of nitrogens with zero attached hydrogens (tertiary/aromatic N) is 1. The number of thiophene rings is 1. The number of nitrogens with two attached hydrogens (primary N) is 1. The van der Waals surface area contributed by atoms with Crippen LogP contribution in [-0.2, 0) is 10.3 Å².